The number of benzene rings is 1. The molecular formula is C14H19N3O2. The fourth-order valence-electron chi connectivity index (χ4n) is 1.86. The molecule has 0 aliphatic heterocycles. The number of aromatic carboxylic acids is 1. The highest BCUT2D eigenvalue weighted by molar-refractivity contribution is 6.00. The number of fused-ring (bicyclic) bond motifs is 1. The summed E-state index contributed by atoms with van der Waals surface area (Å²) in [4.78, 5) is 11.3. The number of carbonyl (C=O) groups is 1. The van der Waals surface area contributed by atoms with Gasteiger partial charge in [0.25, 0.3) is 0 Å². The number of para-hydroxylation sites is 1. The molecule has 0 fully saturated rings. The summed E-state index contributed by atoms with van der Waals surface area (Å²) in [6.07, 6.45) is 0. The van der Waals surface area contributed by atoms with Crippen LogP contribution in [0.25, 0.3) is 11.0 Å². The van der Waals surface area contributed by atoms with Crippen LogP contribution in [-0.4, -0.2) is 26.1 Å². The number of carboxylic acids is 1. The van der Waals surface area contributed by atoms with Gasteiger partial charge in [-0.1, -0.05) is 39.0 Å². The van der Waals surface area contributed by atoms with Crippen molar-refractivity contribution in [2.75, 3.05) is 0 Å². The monoisotopic (exact) mass is 261 g/mol. The third-order valence-electron chi connectivity index (χ3n) is 3.69. The van der Waals surface area contributed by atoms with Gasteiger partial charge in [-0.05, 0) is 23.5 Å². The second-order valence-electron chi connectivity index (χ2n) is 6.02. The molecule has 0 aliphatic carbocycles. The van der Waals surface area contributed by atoms with E-state index in [2.05, 4.69) is 38.0 Å². The third-order valence-corrected chi connectivity index (χ3v) is 3.69. The van der Waals surface area contributed by atoms with Crippen LogP contribution in [0.2, 0.25) is 0 Å². The number of carboxylic acid groups (broad SMARTS) is 1. The molecule has 1 aromatic carbocycles. The molecule has 0 saturated heterocycles. The van der Waals surface area contributed by atoms with E-state index in [1.165, 1.54) is 0 Å². The molecule has 1 atom stereocenters. The molecule has 1 N–H and O–H groups in total. The quantitative estimate of drug-likeness (QED) is 0.922. The molecule has 5 heteroatoms. The molecule has 2 rings (SSSR count). The summed E-state index contributed by atoms with van der Waals surface area (Å²) in [6.45, 7) is 9.28. The van der Waals surface area contributed by atoms with E-state index in [-0.39, 0.29) is 11.0 Å². The summed E-state index contributed by atoms with van der Waals surface area (Å²) in [7, 11) is 0. The zero-order valence-electron chi connectivity index (χ0n) is 11.7. The van der Waals surface area contributed by atoms with Gasteiger partial charge in [0, 0.05) is 6.54 Å². The largest absolute Gasteiger partial charge is 0.478 e. The normalized spacial score (nSPS) is 13.7. The molecule has 0 aliphatic rings. The van der Waals surface area contributed by atoms with Crippen molar-refractivity contribution in [1.82, 2.24) is 15.0 Å². The average molecular weight is 261 g/mol. The molecule has 1 unspecified atom stereocenters. The number of rotatable bonds is 3. The smallest absolute Gasteiger partial charge is 0.337 e. The van der Waals surface area contributed by atoms with Crippen LogP contribution in [0.1, 0.15) is 38.1 Å². The van der Waals surface area contributed by atoms with Gasteiger partial charge in [0.15, 0.2) is 0 Å². The summed E-state index contributed by atoms with van der Waals surface area (Å²) in [5, 5.41) is 17.4. The highest BCUT2D eigenvalue weighted by Gasteiger charge is 2.23. The maximum Gasteiger partial charge on any atom is 0.337 e. The van der Waals surface area contributed by atoms with Crippen LogP contribution >= 0.6 is 0 Å². The van der Waals surface area contributed by atoms with Crippen LogP contribution in [0.3, 0.4) is 0 Å². The van der Waals surface area contributed by atoms with Crippen LogP contribution in [0, 0.1) is 11.3 Å². The number of aromatic nitrogens is 3. The SMILES string of the molecule is CC(Cn1nnc2cccc(C(=O)O)c21)C(C)(C)C. The second-order valence-corrected chi connectivity index (χ2v) is 6.02. The minimum Gasteiger partial charge on any atom is -0.478 e. The van der Waals surface area contributed by atoms with E-state index in [4.69, 9.17) is 0 Å². The van der Waals surface area contributed by atoms with Crippen LogP contribution in [0.15, 0.2) is 18.2 Å². The van der Waals surface area contributed by atoms with Gasteiger partial charge in [0.05, 0.1) is 5.56 Å². The van der Waals surface area contributed by atoms with E-state index in [9.17, 15) is 9.90 Å². The van der Waals surface area contributed by atoms with Crippen LogP contribution in [0.5, 0.6) is 0 Å². The molecule has 0 bridgehead atoms. The van der Waals surface area contributed by atoms with Gasteiger partial charge in [-0.3, -0.25) is 0 Å². The Kier molecular flexibility index (Phi) is 3.30. The summed E-state index contributed by atoms with van der Waals surface area (Å²) >= 11 is 0. The van der Waals surface area contributed by atoms with E-state index < -0.39 is 5.97 Å². The minimum absolute atomic E-state index is 0.135. The maximum absolute atomic E-state index is 11.3. The average Bonchev–Trinajstić information content (AvgIpc) is 2.71. The fourth-order valence-corrected chi connectivity index (χ4v) is 1.86. The maximum atomic E-state index is 11.3. The van der Waals surface area contributed by atoms with Crippen molar-refractivity contribution in [3.63, 3.8) is 0 Å². The van der Waals surface area contributed by atoms with Crippen molar-refractivity contribution in [3.05, 3.63) is 23.8 Å². The molecule has 0 radical (unpaired) electrons. The van der Waals surface area contributed by atoms with Crippen molar-refractivity contribution in [1.29, 1.82) is 0 Å². The lowest BCUT2D eigenvalue weighted by Crippen LogP contribution is -2.23. The molecule has 0 amide bonds. The van der Waals surface area contributed by atoms with Crippen LogP contribution in [-0.2, 0) is 6.54 Å². The first kappa shape index (κ1) is 13.5. The molecule has 19 heavy (non-hydrogen) atoms. The van der Waals surface area contributed by atoms with E-state index in [1.807, 2.05) is 0 Å². The molecule has 1 heterocycles. The Balaban J connectivity index is 2.47. The summed E-state index contributed by atoms with van der Waals surface area (Å²) in [5.41, 5.74) is 1.62. The Morgan fingerprint density at radius 1 is 1.42 bits per heavy atom. The number of hydrogen-bond acceptors (Lipinski definition) is 3. The van der Waals surface area contributed by atoms with Gasteiger partial charge in [-0.15, -0.1) is 5.10 Å². The van der Waals surface area contributed by atoms with E-state index in [1.54, 1.807) is 22.9 Å². The zero-order chi connectivity index (χ0) is 14.2. The Hall–Kier alpha value is -1.91. The molecule has 2 aromatic rings. The van der Waals surface area contributed by atoms with Gasteiger partial charge in [-0.2, -0.15) is 0 Å². The second kappa shape index (κ2) is 4.64. The van der Waals surface area contributed by atoms with Gasteiger partial charge in [0.2, 0.25) is 0 Å². The molecular weight excluding hydrogens is 242 g/mol. The Labute approximate surface area is 112 Å². The van der Waals surface area contributed by atoms with Crippen molar-refractivity contribution in [2.45, 2.75) is 34.2 Å². The number of nitrogens with zero attached hydrogens (tertiary/aromatic N) is 3. The predicted octanol–water partition coefficient (Wildman–Crippen LogP) is 2.81. The highest BCUT2D eigenvalue weighted by Crippen LogP contribution is 2.28. The van der Waals surface area contributed by atoms with Gasteiger partial charge in [0.1, 0.15) is 11.0 Å². The van der Waals surface area contributed by atoms with Gasteiger partial charge >= 0.3 is 5.97 Å². The Morgan fingerprint density at radius 3 is 2.68 bits per heavy atom. The summed E-state index contributed by atoms with van der Waals surface area (Å²) in [5.74, 6) is -0.586. The first-order chi connectivity index (χ1) is 8.80. The van der Waals surface area contributed by atoms with Gasteiger partial charge in [-0.25, -0.2) is 9.48 Å². The first-order valence-corrected chi connectivity index (χ1v) is 6.36. The van der Waals surface area contributed by atoms with E-state index in [0.29, 0.717) is 23.5 Å². The van der Waals surface area contributed by atoms with Crippen LogP contribution in [0.4, 0.5) is 0 Å². The molecule has 5 nitrogen and oxygen atoms in total. The standard InChI is InChI=1S/C14H19N3O2/c1-9(14(2,3)4)8-17-12-10(13(18)19)6-5-7-11(12)15-16-17/h5-7,9H,8H2,1-4H3,(H,18,19). The lowest BCUT2D eigenvalue weighted by molar-refractivity contribution is 0.0698. The van der Waals surface area contributed by atoms with Crippen molar-refractivity contribution in [3.8, 4) is 0 Å². The molecule has 0 saturated carbocycles. The molecule has 1 aromatic heterocycles. The third kappa shape index (κ3) is 2.59. The van der Waals surface area contributed by atoms with E-state index >= 15 is 0 Å². The Bertz CT molecular complexity index is 611. The molecule has 102 valence electrons. The van der Waals surface area contributed by atoms with Crippen LogP contribution < -0.4 is 0 Å². The molecule has 0 spiro atoms. The topological polar surface area (TPSA) is 68.0 Å². The van der Waals surface area contributed by atoms with Gasteiger partial charge < -0.3 is 5.11 Å². The summed E-state index contributed by atoms with van der Waals surface area (Å²) in [6, 6.07) is 5.07. The lowest BCUT2D eigenvalue weighted by Gasteiger charge is -2.27. The van der Waals surface area contributed by atoms with Crippen molar-refractivity contribution < 1.29 is 9.90 Å². The fraction of sp³-hybridized carbons (Fsp3) is 0.500. The highest BCUT2D eigenvalue weighted by atomic mass is 16.4. The van der Waals surface area contributed by atoms with Crippen molar-refractivity contribution >= 4 is 17.0 Å². The zero-order valence-corrected chi connectivity index (χ0v) is 11.7. The van der Waals surface area contributed by atoms with E-state index in [0.717, 1.165) is 0 Å². The van der Waals surface area contributed by atoms with Crippen molar-refractivity contribution in [2.24, 2.45) is 11.3 Å². The minimum atomic E-state index is -0.947. The summed E-state index contributed by atoms with van der Waals surface area (Å²) < 4.78 is 1.70. The first-order valence-electron chi connectivity index (χ1n) is 6.36. The Morgan fingerprint density at radius 2 is 2.11 bits per heavy atom. The lowest BCUT2D eigenvalue weighted by atomic mass is 9.82. The predicted molar refractivity (Wildman–Crippen MR) is 73.1 cm³/mol. The number of hydrogen-bond donors (Lipinski definition) is 1.